The molecule has 7 heteroatoms. The van der Waals surface area contributed by atoms with Gasteiger partial charge in [0.25, 0.3) is 0 Å². The second kappa shape index (κ2) is 7.39. The molecule has 95 valence electrons. The Morgan fingerprint density at radius 1 is 1.38 bits per heavy atom. The summed E-state index contributed by atoms with van der Waals surface area (Å²) in [5.41, 5.74) is 0. The predicted octanol–water partition coefficient (Wildman–Crippen LogP) is -1.99. The van der Waals surface area contributed by atoms with Crippen molar-refractivity contribution in [3.8, 4) is 0 Å². The molecule has 5 N–H and O–H groups in total. The average Bonchev–Trinajstić information content (AvgIpc) is 2.26. The summed E-state index contributed by atoms with van der Waals surface area (Å²) < 4.78 is 4.53. The number of hydrogen-bond acceptors (Lipinski definition) is 6. The van der Waals surface area contributed by atoms with Crippen LogP contribution in [0.25, 0.3) is 0 Å². The third kappa shape index (κ3) is 4.75. The molecule has 0 aliphatic heterocycles. The summed E-state index contributed by atoms with van der Waals surface area (Å²) >= 11 is 0. The zero-order valence-corrected chi connectivity index (χ0v) is 9.04. The first kappa shape index (κ1) is 15.1. The fourth-order valence-electron chi connectivity index (χ4n) is 0.983. The Hall–Kier alpha value is -0.890. The molecule has 0 bridgehead atoms. The first-order chi connectivity index (χ1) is 7.43. The van der Waals surface area contributed by atoms with E-state index in [0.29, 0.717) is 0 Å². The van der Waals surface area contributed by atoms with Crippen LogP contribution in [0.15, 0.2) is 0 Å². The van der Waals surface area contributed by atoms with Crippen molar-refractivity contribution in [3.05, 3.63) is 6.92 Å². The number of hydrogen-bond donors (Lipinski definition) is 5. The van der Waals surface area contributed by atoms with Crippen LogP contribution in [0.2, 0.25) is 0 Å². The molecule has 0 heterocycles. The minimum absolute atomic E-state index is 0.163. The molecular formula is C9H18NO6. The normalized spacial score (nSPS) is 18.4. The lowest BCUT2D eigenvalue weighted by Crippen LogP contribution is -2.51. The van der Waals surface area contributed by atoms with Gasteiger partial charge >= 0.3 is 6.09 Å². The van der Waals surface area contributed by atoms with Crippen molar-refractivity contribution >= 4 is 6.09 Å². The second-order valence-corrected chi connectivity index (χ2v) is 3.20. The maximum absolute atomic E-state index is 10.9. The topological polar surface area (TPSA) is 119 Å². The summed E-state index contributed by atoms with van der Waals surface area (Å²) in [6, 6.07) is -1.06. The van der Waals surface area contributed by atoms with Crippen molar-refractivity contribution in [3.63, 3.8) is 0 Å². The van der Waals surface area contributed by atoms with E-state index in [1.165, 1.54) is 0 Å². The predicted molar refractivity (Wildman–Crippen MR) is 54.4 cm³/mol. The number of nitrogens with one attached hydrogen (secondary N) is 1. The lowest BCUT2D eigenvalue weighted by Gasteiger charge is -2.26. The number of carbonyl (C=O) groups excluding carboxylic acids is 1. The van der Waals surface area contributed by atoms with Crippen LogP contribution in [0.4, 0.5) is 4.79 Å². The zero-order chi connectivity index (χ0) is 12.7. The summed E-state index contributed by atoms with van der Waals surface area (Å²) in [6.07, 6.45) is -5.39. The highest BCUT2D eigenvalue weighted by Gasteiger charge is 2.29. The van der Waals surface area contributed by atoms with Crippen molar-refractivity contribution in [2.24, 2.45) is 0 Å². The molecule has 0 aromatic heterocycles. The molecule has 0 fully saturated rings. The molecule has 0 rings (SSSR count). The number of amides is 1. The van der Waals surface area contributed by atoms with Gasteiger partial charge in [-0.25, -0.2) is 4.79 Å². The van der Waals surface area contributed by atoms with Crippen LogP contribution in [-0.2, 0) is 4.74 Å². The molecule has 0 spiro atoms. The fraction of sp³-hybridized carbons (Fsp3) is 0.778. The molecule has 0 aliphatic rings. The van der Waals surface area contributed by atoms with Crippen LogP contribution in [0.5, 0.6) is 0 Å². The lowest BCUT2D eigenvalue weighted by molar-refractivity contribution is -0.0820. The third-order valence-electron chi connectivity index (χ3n) is 1.92. The maximum atomic E-state index is 10.9. The molecule has 1 radical (unpaired) electrons. The molecule has 0 saturated carbocycles. The molecule has 4 atom stereocenters. The van der Waals surface area contributed by atoms with E-state index < -0.39 is 37.1 Å². The van der Waals surface area contributed by atoms with Crippen molar-refractivity contribution in [2.45, 2.75) is 31.3 Å². The molecule has 0 aromatic rings. The van der Waals surface area contributed by atoms with Crippen molar-refractivity contribution in [2.75, 3.05) is 13.2 Å². The number of aliphatic hydroxyl groups is 4. The Labute approximate surface area is 93.7 Å². The Morgan fingerprint density at radius 2 is 1.94 bits per heavy atom. The highest BCUT2D eigenvalue weighted by Crippen LogP contribution is 2.04. The molecule has 0 saturated heterocycles. The van der Waals surface area contributed by atoms with Gasteiger partial charge in [0, 0.05) is 0 Å². The fourth-order valence-corrected chi connectivity index (χ4v) is 0.983. The maximum Gasteiger partial charge on any atom is 0.407 e. The lowest BCUT2D eigenvalue weighted by atomic mass is 10.0. The van der Waals surface area contributed by atoms with E-state index in [0.717, 1.165) is 0 Å². The summed E-state index contributed by atoms with van der Waals surface area (Å²) in [4.78, 5) is 10.9. The van der Waals surface area contributed by atoms with Gasteiger partial charge < -0.3 is 30.5 Å². The molecule has 4 unspecified atom stereocenters. The SMILES string of the molecule is [CH2]C(NC(=O)OCC)C(O)C(O)C(O)CO. The van der Waals surface area contributed by atoms with Gasteiger partial charge in [0.05, 0.1) is 19.3 Å². The van der Waals surface area contributed by atoms with Gasteiger partial charge in [0.2, 0.25) is 0 Å². The minimum atomic E-state index is -1.60. The molecule has 16 heavy (non-hydrogen) atoms. The summed E-state index contributed by atoms with van der Waals surface area (Å²) in [5.74, 6) is 0. The monoisotopic (exact) mass is 236 g/mol. The van der Waals surface area contributed by atoms with Gasteiger partial charge in [0.15, 0.2) is 0 Å². The Bertz CT molecular complexity index is 212. The summed E-state index contributed by atoms with van der Waals surface area (Å²) in [7, 11) is 0. The van der Waals surface area contributed by atoms with Gasteiger partial charge in [-0.15, -0.1) is 0 Å². The van der Waals surface area contributed by atoms with Crippen LogP contribution < -0.4 is 5.32 Å². The van der Waals surface area contributed by atoms with Crippen LogP contribution in [0.3, 0.4) is 0 Å². The van der Waals surface area contributed by atoms with Crippen LogP contribution in [0, 0.1) is 6.92 Å². The molecular weight excluding hydrogens is 218 g/mol. The van der Waals surface area contributed by atoms with Crippen molar-refractivity contribution in [1.29, 1.82) is 0 Å². The highest BCUT2D eigenvalue weighted by atomic mass is 16.5. The number of ether oxygens (including phenoxy) is 1. The summed E-state index contributed by atoms with van der Waals surface area (Å²) in [5, 5.41) is 38.5. The average molecular weight is 236 g/mol. The number of rotatable bonds is 6. The zero-order valence-electron chi connectivity index (χ0n) is 9.04. The quantitative estimate of drug-likeness (QED) is 0.364. The van der Waals surface area contributed by atoms with Gasteiger partial charge in [-0.05, 0) is 13.8 Å². The summed E-state index contributed by atoms with van der Waals surface area (Å²) in [6.45, 7) is 4.45. The number of carbonyl (C=O) groups is 1. The first-order valence-corrected chi connectivity index (χ1v) is 4.85. The van der Waals surface area contributed by atoms with E-state index in [9.17, 15) is 15.0 Å². The Morgan fingerprint density at radius 3 is 2.38 bits per heavy atom. The standard InChI is InChI=1S/C9H18NO6/c1-3-16-9(15)10-5(2)7(13)8(14)6(12)4-11/h5-8,11-14H,2-4H2,1H3,(H,10,15). The minimum Gasteiger partial charge on any atom is -0.450 e. The number of alkyl carbamates (subject to hydrolysis) is 1. The van der Waals surface area contributed by atoms with Crippen LogP contribution in [-0.4, -0.2) is 64.1 Å². The van der Waals surface area contributed by atoms with E-state index in [1.807, 2.05) is 0 Å². The smallest absolute Gasteiger partial charge is 0.407 e. The molecule has 0 aliphatic carbocycles. The van der Waals surface area contributed by atoms with E-state index in [2.05, 4.69) is 17.0 Å². The van der Waals surface area contributed by atoms with E-state index in [4.69, 9.17) is 10.2 Å². The molecule has 1 amide bonds. The molecule has 7 nitrogen and oxygen atoms in total. The second-order valence-electron chi connectivity index (χ2n) is 3.20. The van der Waals surface area contributed by atoms with E-state index in [1.54, 1.807) is 6.92 Å². The third-order valence-corrected chi connectivity index (χ3v) is 1.92. The van der Waals surface area contributed by atoms with Crippen molar-refractivity contribution in [1.82, 2.24) is 5.32 Å². The molecule has 0 aromatic carbocycles. The Kier molecular flexibility index (Phi) is 6.98. The van der Waals surface area contributed by atoms with Crippen LogP contribution in [0.1, 0.15) is 6.92 Å². The van der Waals surface area contributed by atoms with E-state index >= 15 is 0 Å². The largest absolute Gasteiger partial charge is 0.450 e. The Balaban J connectivity index is 4.16. The van der Waals surface area contributed by atoms with E-state index in [-0.39, 0.29) is 6.61 Å². The number of aliphatic hydroxyl groups excluding tert-OH is 4. The first-order valence-electron chi connectivity index (χ1n) is 4.85. The van der Waals surface area contributed by atoms with Crippen LogP contribution >= 0.6 is 0 Å². The van der Waals surface area contributed by atoms with Crippen molar-refractivity contribution < 1.29 is 30.0 Å². The van der Waals surface area contributed by atoms with Gasteiger partial charge in [-0.2, -0.15) is 0 Å². The van der Waals surface area contributed by atoms with Gasteiger partial charge in [-0.1, -0.05) is 0 Å². The highest BCUT2D eigenvalue weighted by molar-refractivity contribution is 5.67. The van der Waals surface area contributed by atoms with Gasteiger partial charge in [0.1, 0.15) is 18.3 Å². The van der Waals surface area contributed by atoms with Gasteiger partial charge in [-0.3, -0.25) is 0 Å².